The molecule has 40 heavy (non-hydrogen) atoms. The van der Waals surface area contributed by atoms with E-state index in [0.717, 1.165) is 16.5 Å². The summed E-state index contributed by atoms with van der Waals surface area (Å²) < 4.78 is 16.3. The van der Waals surface area contributed by atoms with Crippen molar-refractivity contribution in [3.05, 3.63) is 106 Å². The number of ketones is 2. The molecule has 0 aliphatic rings. The topological polar surface area (TPSA) is 117 Å². The van der Waals surface area contributed by atoms with Crippen LogP contribution in [-0.2, 0) is 9.47 Å². The van der Waals surface area contributed by atoms with Crippen LogP contribution in [0.2, 0.25) is 5.02 Å². The first-order chi connectivity index (χ1) is 19.5. The number of nitrogens with zero attached hydrogens (tertiary/aromatic N) is 1. The number of halogens is 1. The van der Waals surface area contributed by atoms with Gasteiger partial charge >= 0.3 is 0 Å². The van der Waals surface area contributed by atoms with Gasteiger partial charge in [-0.25, -0.2) is 0 Å². The Hall–Kier alpha value is -3.66. The van der Waals surface area contributed by atoms with Gasteiger partial charge in [0.25, 0.3) is 0 Å². The number of nitrogens with two attached hydrogens (primary N) is 1. The fraction of sp³-hybridized carbons (Fsp3) is 0.258. The van der Waals surface area contributed by atoms with E-state index in [1.54, 1.807) is 67.7 Å². The molecule has 0 fully saturated rings. The quantitative estimate of drug-likeness (QED) is 0.116. The summed E-state index contributed by atoms with van der Waals surface area (Å²) >= 11 is 6.18. The smallest absolute Gasteiger partial charge is 0.221 e. The van der Waals surface area contributed by atoms with Crippen molar-refractivity contribution in [3.8, 4) is 0 Å². The molecule has 0 amide bonds. The van der Waals surface area contributed by atoms with Gasteiger partial charge in [-0.05, 0) is 54.5 Å². The molecule has 208 valence electrons. The first-order valence-electron chi connectivity index (χ1n) is 13.0. The van der Waals surface area contributed by atoms with E-state index >= 15 is 0 Å². The van der Waals surface area contributed by atoms with E-state index in [2.05, 4.69) is 10.3 Å². The standard InChI is InChI=1S/C31H32ClN3O5/c1-21-2-11-29(40-21)28(36)10-5-22-3-6-23(7-4-22)31(37)30(35-15-17-39-19-18-38-16-13-33)26-12-14-34-27-20-24(32)8-9-25(26)27/h2-12,14,20,30,35H,13,15-19,33H2,1H3/b10-5+. The minimum Gasteiger partial charge on any atom is -0.458 e. The lowest BCUT2D eigenvalue weighted by Crippen LogP contribution is -2.32. The van der Waals surface area contributed by atoms with Gasteiger partial charge < -0.3 is 24.9 Å². The molecular weight excluding hydrogens is 530 g/mol. The fourth-order valence-electron chi connectivity index (χ4n) is 4.17. The largest absolute Gasteiger partial charge is 0.458 e. The van der Waals surface area contributed by atoms with Gasteiger partial charge in [-0.15, -0.1) is 0 Å². The molecule has 4 aromatic rings. The molecule has 2 aromatic heterocycles. The molecule has 1 unspecified atom stereocenters. The number of allylic oxidation sites excluding steroid dienone is 1. The summed E-state index contributed by atoms with van der Waals surface area (Å²) in [4.78, 5) is 30.5. The average Bonchev–Trinajstić information content (AvgIpc) is 3.41. The number of aryl methyl sites for hydroxylation is 1. The van der Waals surface area contributed by atoms with Crippen LogP contribution < -0.4 is 11.1 Å². The predicted octanol–water partition coefficient (Wildman–Crippen LogP) is 5.19. The Balaban J connectivity index is 1.49. The Morgan fingerprint density at radius 2 is 1.80 bits per heavy atom. The van der Waals surface area contributed by atoms with E-state index in [0.29, 0.717) is 61.4 Å². The number of benzene rings is 2. The highest BCUT2D eigenvalue weighted by Crippen LogP contribution is 2.28. The molecule has 1 atom stereocenters. The monoisotopic (exact) mass is 561 g/mol. The van der Waals surface area contributed by atoms with Gasteiger partial charge in [0.2, 0.25) is 5.78 Å². The molecule has 0 aliphatic heterocycles. The zero-order valence-electron chi connectivity index (χ0n) is 22.3. The summed E-state index contributed by atoms with van der Waals surface area (Å²) in [5, 5.41) is 4.76. The van der Waals surface area contributed by atoms with Crippen molar-refractivity contribution >= 4 is 40.1 Å². The fourth-order valence-corrected chi connectivity index (χ4v) is 4.33. The molecule has 2 heterocycles. The van der Waals surface area contributed by atoms with Gasteiger partial charge in [-0.2, -0.15) is 0 Å². The van der Waals surface area contributed by atoms with E-state index < -0.39 is 6.04 Å². The molecule has 2 aromatic carbocycles. The second kappa shape index (κ2) is 14.6. The Bertz CT molecular complexity index is 1470. The molecule has 0 radical (unpaired) electrons. The van der Waals surface area contributed by atoms with Gasteiger partial charge in [0.15, 0.2) is 11.5 Å². The second-order valence-electron chi connectivity index (χ2n) is 9.06. The Morgan fingerprint density at radius 3 is 2.52 bits per heavy atom. The molecule has 0 aliphatic carbocycles. The third kappa shape index (κ3) is 7.94. The maximum atomic E-state index is 13.8. The van der Waals surface area contributed by atoms with Crippen LogP contribution in [0.1, 0.15) is 43.8 Å². The number of rotatable bonds is 15. The summed E-state index contributed by atoms with van der Waals surface area (Å²) in [6.45, 7) is 4.49. The van der Waals surface area contributed by atoms with Crippen molar-refractivity contribution in [3.63, 3.8) is 0 Å². The van der Waals surface area contributed by atoms with Crippen LogP contribution in [0.25, 0.3) is 17.0 Å². The van der Waals surface area contributed by atoms with Crippen LogP contribution in [0.15, 0.2) is 77.4 Å². The minimum absolute atomic E-state index is 0.105. The molecule has 0 saturated carbocycles. The molecule has 0 bridgehead atoms. The van der Waals surface area contributed by atoms with Crippen molar-refractivity contribution < 1.29 is 23.5 Å². The molecule has 8 nitrogen and oxygen atoms in total. The molecule has 0 saturated heterocycles. The van der Waals surface area contributed by atoms with Crippen LogP contribution in [-0.4, -0.2) is 56.1 Å². The van der Waals surface area contributed by atoms with Crippen molar-refractivity contribution in [2.45, 2.75) is 13.0 Å². The van der Waals surface area contributed by atoms with Gasteiger partial charge in [-0.1, -0.05) is 48.0 Å². The summed E-state index contributed by atoms with van der Waals surface area (Å²) in [6.07, 6.45) is 4.82. The maximum Gasteiger partial charge on any atom is 0.221 e. The molecule has 3 N–H and O–H groups in total. The number of hydrogen-bond acceptors (Lipinski definition) is 8. The first-order valence-corrected chi connectivity index (χ1v) is 13.4. The third-order valence-electron chi connectivity index (χ3n) is 6.15. The lowest BCUT2D eigenvalue weighted by molar-refractivity contribution is 0.0509. The van der Waals surface area contributed by atoms with Crippen LogP contribution in [0.5, 0.6) is 0 Å². The summed E-state index contributed by atoms with van der Waals surface area (Å²) in [6, 6.07) is 17.1. The number of aromatic nitrogens is 1. The first kappa shape index (κ1) is 29.3. The molecule has 9 heteroatoms. The van der Waals surface area contributed by atoms with Gasteiger partial charge in [0.1, 0.15) is 5.76 Å². The number of Topliss-reactive ketones (excluding diaryl/α,β-unsaturated/α-hetero) is 1. The Labute approximate surface area is 238 Å². The number of ether oxygens (including phenoxy) is 2. The minimum atomic E-state index is -0.645. The Morgan fingerprint density at radius 1 is 1.02 bits per heavy atom. The summed E-state index contributed by atoms with van der Waals surface area (Å²) in [5.74, 6) is 0.630. The number of pyridine rings is 1. The highest BCUT2D eigenvalue weighted by atomic mass is 35.5. The number of fused-ring (bicyclic) bond motifs is 1. The molecule has 0 spiro atoms. The summed E-state index contributed by atoms with van der Waals surface area (Å²) in [7, 11) is 0. The molecule has 4 rings (SSSR count). The number of furan rings is 1. The van der Waals surface area contributed by atoms with Gasteiger partial charge in [-0.3, -0.25) is 14.6 Å². The number of carbonyl (C=O) groups excluding carboxylic acids is 2. The Kier molecular flexibility index (Phi) is 10.7. The molecular formula is C31H32ClN3O5. The van der Waals surface area contributed by atoms with E-state index in [1.165, 1.54) is 6.08 Å². The number of nitrogens with one attached hydrogen (secondary N) is 1. The zero-order chi connectivity index (χ0) is 28.3. The average molecular weight is 562 g/mol. The highest BCUT2D eigenvalue weighted by Gasteiger charge is 2.24. The normalized spacial score (nSPS) is 12.3. The lowest BCUT2D eigenvalue weighted by atomic mass is 9.94. The van der Waals surface area contributed by atoms with E-state index in [1.807, 2.05) is 12.1 Å². The predicted molar refractivity (Wildman–Crippen MR) is 156 cm³/mol. The second-order valence-corrected chi connectivity index (χ2v) is 9.49. The van der Waals surface area contributed by atoms with Crippen LogP contribution in [0.4, 0.5) is 0 Å². The van der Waals surface area contributed by atoms with Crippen molar-refractivity contribution in [2.75, 3.05) is 39.5 Å². The lowest BCUT2D eigenvalue weighted by Gasteiger charge is -2.20. The van der Waals surface area contributed by atoms with Crippen LogP contribution in [0.3, 0.4) is 0 Å². The van der Waals surface area contributed by atoms with Gasteiger partial charge in [0, 0.05) is 35.3 Å². The van der Waals surface area contributed by atoms with Crippen LogP contribution >= 0.6 is 11.6 Å². The van der Waals surface area contributed by atoms with Crippen molar-refractivity contribution in [2.24, 2.45) is 5.73 Å². The zero-order valence-corrected chi connectivity index (χ0v) is 23.0. The van der Waals surface area contributed by atoms with E-state index in [4.69, 9.17) is 31.2 Å². The third-order valence-corrected chi connectivity index (χ3v) is 6.38. The SMILES string of the molecule is Cc1ccc(C(=O)/C=C/c2ccc(C(=O)C(NCCOCCOCCN)c3ccnc4cc(Cl)ccc34)cc2)o1. The number of carbonyl (C=O) groups is 2. The van der Waals surface area contributed by atoms with E-state index in [9.17, 15) is 9.59 Å². The maximum absolute atomic E-state index is 13.8. The highest BCUT2D eigenvalue weighted by molar-refractivity contribution is 6.31. The van der Waals surface area contributed by atoms with Crippen LogP contribution in [0, 0.1) is 6.92 Å². The van der Waals surface area contributed by atoms with Crippen molar-refractivity contribution in [1.82, 2.24) is 10.3 Å². The summed E-state index contributed by atoms with van der Waals surface area (Å²) in [5.41, 5.74) is 8.23. The number of hydrogen-bond donors (Lipinski definition) is 2. The van der Waals surface area contributed by atoms with Gasteiger partial charge in [0.05, 0.1) is 38.0 Å². The van der Waals surface area contributed by atoms with E-state index in [-0.39, 0.29) is 17.3 Å². The van der Waals surface area contributed by atoms with Crippen molar-refractivity contribution in [1.29, 1.82) is 0 Å².